The molecule has 170 valence electrons. The molecule has 0 aliphatic carbocycles. The van der Waals surface area contributed by atoms with Crippen LogP contribution in [0, 0.1) is 11.8 Å². The Labute approximate surface area is 184 Å². The SMILES string of the molecule is CC(C)[C@@H]([C@H](C)C(=O)NCCOC(=O)N(C(C)C)C(C)C)[Si](C)(C)c1ccccc1. The second kappa shape index (κ2) is 11.5. The van der Waals surface area contributed by atoms with Crippen molar-refractivity contribution in [2.45, 2.75) is 79.2 Å². The van der Waals surface area contributed by atoms with E-state index in [0.717, 1.165) is 0 Å². The van der Waals surface area contributed by atoms with Crippen LogP contribution in [0.25, 0.3) is 0 Å². The van der Waals surface area contributed by atoms with E-state index in [2.05, 4.69) is 56.5 Å². The lowest BCUT2D eigenvalue weighted by Gasteiger charge is -2.39. The topological polar surface area (TPSA) is 58.6 Å². The highest BCUT2D eigenvalue weighted by Gasteiger charge is 2.41. The Morgan fingerprint density at radius 1 is 0.967 bits per heavy atom. The predicted octanol–water partition coefficient (Wildman–Crippen LogP) is 4.64. The molecule has 1 rings (SSSR count). The van der Waals surface area contributed by atoms with Crippen molar-refractivity contribution in [2.24, 2.45) is 11.8 Å². The van der Waals surface area contributed by atoms with E-state index in [9.17, 15) is 9.59 Å². The Morgan fingerprint density at radius 3 is 1.97 bits per heavy atom. The minimum absolute atomic E-state index is 0.0332. The average Bonchev–Trinajstić information content (AvgIpc) is 2.64. The van der Waals surface area contributed by atoms with Crippen LogP contribution < -0.4 is 10.5 Å². The van der Waals surface area contributed by atoms with Crippen LogP contribution in [0.15, 0.2) is 30.3 Å². The van der Waals surface area contributed by atoms with Crippen molar-refractivity contribution < 1.29 is 14.3 Å². The average molecular weight is 435 g/mol. The van der Waals surface area contributed by atoms with Gasteiger partial charge in [-0.25, -0.2) is 4.79 Å². The summed E-state index contributed by atoms with van der Waals surface area (Å²) in [5.74, 6) is 0.326. The molecule has 0 saturated carbocycles. The highest BCUT2D eigenvalue weighted by atomic mass is 28.3. The summed E-state index contributed by atoms with van der Waals surface area (Å²) in [7, 11) is -1.86. The maximum atomic E-state index is 12.9. The molecule has 6 heteroatoms. The fourth-order valence-corrected chi connectivity index (χ4v) is 9.33. The predicted molar refractivity (Wildman–Crippen MR) is 128 cm³/mol. The Morgan fingerprint density at radius 2 is 1.50 bits per heavy atom. The number of nitrogens with zero attached hydrogens (tertiary/aromatic N) is 1. The van der Waals surface area contributed by atoms with Gasteiger partial charge in [0.15, 0.2) is 0 Å². The fourth-order valence-electron chi connectivity index (χ4n) is 4.82. The molecule has 0 aromatic heterocycles. The number of hydrogen-bond acceptors (Lipinski definition) is 3. The van der Waals surface area contributed by atoms with E-state index in [4.69, 9.17) is 4.74 Å². The molecule has 0 unspecified atom stereocenters. The van der Waals surface area contributed by atoms with Crippen molar-refractivity contribution >= 4 is 25.3 Å². The molecule has 0 aliphatic rings. The smallest absolute Gasteiger partial charge is 0.410 e. The van der Waals surface area contributed by atoms with Crippen molar-refractivity contribution in [3.8, 4) is 0 Å². The quantitative estimate of drug-likeness (QED) is 0.431. The number of benzene rings is 1. The molecule has 0 spiro atoms. The van der Waals surface area contributed by atoms with Crippen LogP contribution in [0.5, 0.6) is 0 Å². The zero-order valence-electron chi connectivity index (χ0n) is 20.4. The summed E-state index contributed by atoms with van der Waals surface area (Å²) >= 11 is 0. The van der Waals surface area contributed by atoms with Crippen LogP contribution in [0.4, 0.5) is 4.79 Å². The van der Waals surface area contributed by atoms with Crippen LogP contribution >= 0.6 is 0 Å². The fraction of sp³-hybridized carbons (Fsp3) is 0.667. The van der Waals surface area contributed by atoms with Gasteiger partial charge >= 0.3 is 6.09 Å². The zero-order valence-corrected chi connectivity index (χ0v) is 21.4. The molecule has 5 nitrogen and oxygen atoms in total. The Kier molecular flexibility index (Phi) is 10.1. The van der Waals surface area contributed by atoms with Gasteiger partial charge in [-0.2, -0.15) is 0 Å². The first-order chi connectivity index (χ1) is 13.9. The third-order valence-corrected chi connectivity index (χ3v) is 10.6. The zero-order chi connectivity index (χ0) is 23.1. The van der Waals surface area contributed by atoms with Gasteiger partial charge in [0.2, 0.25) is 5.91 Å². The highest BCUT2D eigenvalue weighted by Crippen LogP contribution is 2.37. The summed E-state index contributed by atoms with van der Waals surface area (Å²) < 4.78 is 5.38. The Hall–Kier alpha value is -1.82. The molecule has 0 radical (unpaired) electrons. The Bertz CT molecular complexity index is 666. The van der Waals surface area contributed by atoms with Gasteiger partial charge in [-0.05, 0) is 39.2 Å². The monoisotopic (exact) mass is 434 g/mol. The van der Waals surface area contributed by atoms with E-state index >= 15 is 0 Å². The third-order valence-electron chi connectivity index (χ3n) is 5.97. The van der Waals surface area contributed by atoms with Gasteiger partial charge < -0.3 is 15.0 Å². The van der Waals surface area contributed by atoms with Crippen molar-refractivity contribution in [1.29, 1.82) is 0 Å². The van der Waals surface area contributed by atoms with E-state index in [1.54, 1.807) is 4.90 Å². The molecule has 0 aliphatic heterocycles. The number of amides is 2. The van der Waals surface area contributed by atoms with Gasteiger partial charge in [0, 0.05) is 18.0 Å². The molecule has 0 saturated heterocycles. The molecule has 2 atom stereocenters. The van der Waals surface area contributed by atoms with Crippen LogP contribution in [0.1, 0.15) is 48.5 Å². The van der Waals surface area contributed by atoms with Crippen LogP contribution in [-0.4, -0.2) is 50.2 Å². The minimum Gasteiger partial charge on any atom is -0.448 e. The van der Waals surface area contributed by atoms with E-state index in [-0.39, 0.29) is 36.6 Å². The van der Waals surface area contributed by atoms with Gasteiger partial charge in [-0.3, -0.25) is 4.79 Å². The highest BCUT2D eigenvalue weighted by molar-refractivity contribution is 6.91. The van der Waals surface area contributed by atoms with Crippen molar-refractivity contribution in [3.63, 3.8) is 0 Å². The summed E-state index contributed by atoms with van der Waals surface area (Å²) in [5, 5.41) is 4.36. The summed E-state index contributed by atoms with van der Waals surface area (Å²) in [5.41, 5.74) is 0.305. The van der Waals surface area contributed by atoms with Crippen LogP contribution in [0.2, 0.25) is 18.6 Å². The molecular formula is C24H42N2O3Si. The maximum Gasteiger partial charge on any atom is 0.410 e. The maximum absolute atomic E-state index is 12.9. The number of ether oxygens (including phenoxy) is 1. The lowest BCUT2D eigenvalue weighted by atomic mass is 9.97. The number of hydrogen-bond donors (Lipinski definition) is 1. The first-order valence-electron chi connectivity index (χ1n) is 11.2. The molecule has 1 aromatic carbocycles. The summed E-state index contributed by atoms with van der Waals surface area (Å²) in [6, 6.07) is 10.7. The lowest BCUT2D eigenvalue weighted by molar-refractivity contribution is -0.125. The first-order valence-corrected chi connectivity index (χ1v) is 14.3. The van der Waals surface area contributed by atoms with Crippen LogP contribution in [0.3, 0.4) is 0 Å². The Balaban J connectivity index is 2.70. The largest absolute Gasteiger partial charge is 0.448 e. The number of nitrogens with one attached hydrogen (secondary N) is 1. The second-order valence-electron chi connectivity index (χ2n) is 9.65. The van der Waals surface area contributed by atoms with Crippen molar-refractivity contribution in [3.05, 3.63) is 30.3 Å². The van der Waals surface area contributed by atoms with E-state index in [1.165, 1.54) is 5.19 Å². The summed E-state index contributed by atoms with van der Waals surface area (Å²) in [4.78, 5) is 26.9. The molecule has 0 heterocycles. The van der Waals surface area contributed by atoms with Gasteiger partial charge in [-0.1, -0.05) is 69.4 Å². The van der Waals surface area contributed by atoms with Crippen LogP contribution in [-0.2, 0) is 9.53 Å². The summed E-state index contributed by atoms with van der Waals surface area (Å²) in [6.07, 6.45) is -0.333. The molecule has 2 amide bonds. The molecule has 0 bridgehead atoms. The minimum atomic E-state index is -1.86. The van der Waals surface area contributed by atoms with Gasteiger partial charge in [-0.15, -0.1) is 0 Å². The third kappa shape index (κ3) is 6.86. The first kappa shape index (κ1) is 26.2. The van der Waals surface area contributed by atoms with Gasteiger partial charge in [0.05, 0.1) is 14.6 Å². The van der Waals surface area contributed by atoms with Gasteiger partial charge in [0.1, 0.15) is 6.61 Å². The number of carbonyl (C=O) groups excluding carboxylic acids is 2. The lowest BCUT2D eigenvalue weighted by Crippen LogP contribution is -2.52. The van der Waals surface area contributed by atoms with E-state index in [1.807, 2.05) is 40.7 Å². The van der Waals surface area contributed by atoms with E-state index in [0.29, 0.717) is 18.0 Å². The normalized spacial score (nSPS) is 14.0. The molecule has 1 aromatic rings. The summed E-state index contributed by atoms with van der Waals surface area (Å²) in [6.45, 7) is 19.5. The molecule has 1 N–H and O–H groups in total. The molecule has 0 fully saturated rings. The van der Waals surface area contributed by atoms with E-state index < -0.39 is 8.07 Å². The molecular weight excluding hydrogens is 392 g/mol. The molecule has 30 heavy (non-hydrogen) atoms. The number of rotatable bonds is 10. The van der Waals surface area contributed by atoms with Crippen molar-refractivity contribution in [2.75, 3.05) is 13.2 Å². The van der Waals surface area contributed by atoms with Crippen molar-refractivity contribution in [1.82, 2.24) is 10.2 Å². The van der Waals surface area contributed by atoms with Gasteiger partial charge in [0.25, 0.3) is 0 Å². The number of carbonyl (C=O) groups is 2. The second-order valence-corrected chi connectivity index (χ2v) is 14.3. The standard InChI is InChI=1S/C24H42N2O3Si/c1-17(2)22(30(8,9)21-13-11-10-12-14-21)20(7)23(27)25-15-16-29-24(28)26(18(3)4)19(5)6/h10-14,17-20,22H,15-16H2,1-9H3,(H,25,27)/t20-,22-/m0/s1.